The van der Waals surface area contributed by atoms with Gasteiger partial charge in [-0.25, -0.2) is 13.6 Å². The van der Waals surface area contributed by atoms with Crippen LogP contribution < -0.4 is 5.32 Å². The Hall–Kier alpha value is -1.95. The van der Waals surface area contributed by atoms with Crippen LogP contribution in [0.2, 0.25) is 0 Å². The van der Waals surface area contributed by atoms with Crippen molar-refractivity contribution < 1.29 is 18.7 Å². The summed E-state index contributed by atoms with van der Waals surface area (Å²) in [6.45, 7) is 1.66. The first-order valence-corrected chi connectivity index (χ1v) is 6.43. The summed E-state index contributed by atoms with van der Waals surface area (Å²) in [7, 11) is 0. The van der Waals surface area contributed by atoms with Gasteiger partial charge in [-0.05, 0) is 42.8 Å². The minimum atomic E-state index is -1.05. The number of hydrogen-bond acceptors (Lipinski definition) is 2. The van der Waals surface area contributed by atoms with E-state index in [1.807, 2.05) is 0 Å². The van der Waals surface area contributed by atoms with Crippen LogP contribution in [0.5, 0.6) is 0 Å². The summed E-state index contributed by atoms with van der Waals surface area (Å²) in [5.41, 5.74) is 0.853. The topological polar surface area (TPSA) is 49.3 Å². The number of halogens is 3. The maximum absolute atomic E-state index is 13.7. The number of anilines is 2. The lowest BCUT2D eigenvalue weighted by Crippen LogP contribution is -2.02. The molecule has 0 aliphatic carbocycles. The number of benzene rings is 2. The van der Waals surface area contributed by atoms with E-state index in [0.29, 0.717) is 15.7 Å². The smallest absolute Gasteiger partial charge is 0.335 e. The molecular formula is C14H10BrF2NO2. The second kappa shape index (κ2) is 5.58. The van der Waals surface area contributed by atoms with E-state index in [1.165, 1.54) is 18.2 Å². The average Bonchev–Trinajstić information content (AvgIpc) is 2.34. The fourth-order valence-electron chi connectivity index (χ4n) is 1.73. The van der Waals surface area contributed by atoms with Crippen molar-refractivity contribution in [3.05, 3.63) is 57.6 Å². The predicted octanol–water partition coefficient (Wildman–Crippen LogP) is 4.48. The standard InChI is InChI=1S/C14H10BrF2NO2/c1-7-4-8(14(19)20)2-3-12(7)18-13-10(16)5-9(15)6-11(13)17/h2-6,18H,1H3,(H,19,20). The van der Waals surface area contributed by atoms with Crippen molar-refractivity contribution in [1.82, 2.24) is 0 Å². The van der Waals surface area contributed by atoms with Gasteiger partial charge in [-0.15, -0.1) is 0 Å². The molecule has 0 fully saturated rings. The fourth-order valence-corrected chi connectivity index (χ4v) is 2.14. The lowest BCUT2D eigenvalue weighted by Gasteiger charge is -2.12. The van der Waals surface area contributed by atoms with E-state index in [0.717, 1.165) is 12.1 Å². The van der Waals surface area contributed by atoms with Gasteiger partial charge in [0.2, 0.25) is 0 Å². The number of aryl methyl sites for hydroxylation is 1. The lowest BCUT2D eigenvalue weighted by molar-refractivity contribution is 0.0697. The van der Waals surface area contributed by atoms with Crippen LogP contribution in [-0.4, -0.2) is 11.1 Å². The van der Waals surface area contributed by atoms with E-state index >= 15 is 0 Å². The van der Waals surface area contributed by atoms with Crippen LogP contribution in [0.1, 0.15) is 15.9 Å². The predicted molar refractivity (Wildman–Crippen MR) is 75.5 cm³/mol. The molecular weight excluding hydrogens is 332 g/mol. The van der Waals surface area contributed by atoms with Crippen LogP contribution in [-0.2, 0) is 0 Å². The van der Waals surface area contributed by atoms with E-state index in [1.54, 1.807) is 6.92 Å². The molecule has 0 atom stereocenters. The molecule has 2 rings (SSSR count). The molecule has 104 valence electrons. The van der Waals surface area contributed by atoms with Gasteiger partial charge < -0.3 is 10.4 Å². The van der Waals surface area contributed by atoms with Gasteiger partial charge in [0.15, 0.2) is 11.6 Å². The number of carbonyl (C=O) groups is 1. The summed E-state index contributed by atoms with van der Waals surface area (Å²) in [5, 5.41) is 11.5. The molecule has 0 bridgehead atoms. The molecule has 0 saturated heterocycles. The molecule has 0 aliphatic rings. The first-order valence-electron chi connectivity index (χ1n) is 5.64. The number of carboxylic acid groups (broad SMARTS) is 1. The van der Waals surface area contributed by atoms with Crippen molar-refractivity contribution in [3.63, 3.8) is 0 Å². The Bertz CT molecular complexity index is 666. The number of hydrogen-bond donors (Lipinski definition) is 2. The minimum absolute atomic E-state index is 0.116. The Balaban J connectivity index is 2.38. The van der Waals surface area contributed by atoms with E-state index in [4.69, 9.17) is 5.11 Å². The van der Waals surface area contributed by atoms with Crippen molar-refractivity contribution in [2.45, 2.75) is 6.92 Å². The third-order valence-corrected chi connectivity index (χ3v) is 3.20. The zero-order valence-corrected chi connectivity index (χ0v) is 12.0. The number of nitrogens with one attached hydrogen (secondary N) is 1. The summed E-state index contributed by atoms with van der Waals surface area (Å²) in [5.74, 6) is -2.53. The van der Waals surface area contributed by atoms with E-state index in [9.17, 15) is 13.6 Å². The van der Waals surface area contributed by atoms with Crippen LogP contribution in [0.15, 0.2) is 34.8 Å². The third kappa shape index (κ3) is 2.96. The largest absolute Gasteiger partial charge is 0.478 e. The SMILES string of the molecule is Cc1cc(C(=O)O)ccc1Nc1c(F)cc(Br)cc1F. The molecule has 0 spiro atoms. The van der Waals surface area contributed by atoms with Gasteiger partial charge >= 0.3 is 5.97 Å². The first kappa shape index (κ1) is 14.5. The maximum Gasteiger partial charge on any atom is 0.335 e. The van der Waals surface area contributed by atoms with Crippen LogP contribution in [0, 0.1) is 18.6 Å². The van der Waals surface area contributed by atoms with Gasteiger partial charge in [0.25, 0.3) is 0 Å². The molecule has 20 heavy (non-hydrogen) atoms. The molecule has 3 nitrogen and oxygen atoms in total. The highest BCUT2D eigenvalue weighted by Crippen LogP contribution is 2.28. The van der Waals surface area contributed by atoms with Gasteiger partial charge in [-0.3, -0.25) is 0 Å². The average molecular weight is 342 g/mol. The van der Waals surface area contributed by atoms with Crippen molar-refractivity contribution in [1.29, 1.82) is 0 Å². The Morgan fingerprint density at radius 3 is 2.30 bits per heavy atom. The molecule has 0 saturated carbocycles. The number of aromatic carboxylic acids is 1. The molecule has 0 aromatic heterocycles. The molecule has 0 amide bonds. The maximum atomic E-state index is 13.7. The summed E-state index contributed by atoms with van der Waals surface area (Å²) in [4.78, 5) is 10.8. The Morgan fingerprint density at radius 1 is 1.20 bits per heavy atom. The van der Waals surface area contributed by atoms with Crippen LogP contribution in [0.25, 0.3) is 0 Å². The monoisotopic (exact) mass is 341 g/mol. The molecule has 2 aromatic rings. The van der Waals surface area contributed by atoms with Crippen molar-refractivity contribution >= 4 is 33.3 Å². The minimum Gasteiger partial charge on any atom is -0.478 e. The highest BCUT2D eigenvalue weighted by atomic mass is 79.9. The molecule has 0 unspecified atom stereocenters. The highest BCUT2D eigenvalue weighted by molar-refractivity contribution is 9.10. The Labute approximate surface area is 122 Å². The van der Waals surface area contributed by atoms with Crippen LogP contribution in [0.3, 0.4) is 0 Å². The van der Waals surface area contributed by atoms with E-state index in [-0.39, 0.29) is 11.3 Å². The summed E-state index contributed by atoms with van der Waals surface area (Å²) in [6, 6.07) is 6.56. The molecule has 6 heteroatoms. The molecule has 2 aromatic carbocycles. The van der Waals surface area contributed by atoms with Gasteiger partial charge in [0.05, 0.1) is 5.56 Å². The second-order valence-corrected chi connectivity index (χ2v) is 5.12. The van der Waals surface area contributed by atoms with Gasteiger partial charge in [0, 0.05) is 10.2 Å². The molecule has 0 heterocycles. The normalized spacial score (nSPS) is 10.4. The van der Waals surface area contributed by atoms with Crippen molar-refractivity contribution in [2.75, 3.05) is 5.32 Å². The van der Waals surface area contributed by atoms with Gasteiger partial charge in [0.1, 0.15) is 5.69 Å². The van der Waals surface area contributed by atoms with E-state index in [2.05, 4.69) is 21.2 Å². The quantitative estimate of drug-likeness (QED) is 0.865. The fraction of sp³-hybridized carbons (Fsp3) is 0.0714. The third-order valence-electron chi connectivity index (χ3n) is 2.74. The highest BCUT2D eigenvalue weighted by Gasteiger charge is 2.12. The van der Waals surface area contributed by atoms with E-state index < -0.39 is 17.6 Å². The second-order valence-electron chi connectivity index (χ2n) is 4.20. The van der Waals surface area contributed by atoms with Crippen LogP contribution >= 0.6 is 15.9 Å². The summed E-state index contributed by atoms with van der Waals surface area (Å²) >= 11 is 3.00. The number of rotatable bonds is 3. The molecule has 2 N–H and O–H groups in total. The Morgan fingerprint density at radius 2 is 1.80 bits per heavy atom. The number of carboxylic acids is 1. The Kier molecular flexibility index (Phi) is 4.04. The van der Waals surface area contributed by atoms with Crippen molar-refractivity contribution in [3.8, 4) is 0 Å². The van der Waals surface area contributed by atoms with Gasteiger partial charge in [-0.2, -0.15) is 0 Å². The van der Waals surface area contributed by atoms with Crippen LogP contribution in [0.4, 0.5) is 20.2 Å². The zero-order valence-electron chi connectivity index (χ0n) is 10.4. The molecule has 0 aliphatic heterocycles. The van der Waals surface area contributed by atoms with Gasteiger partial charge in [-0.1, -0.05) is 15.9 Å². The summed E-state index contributed by atoms with van der Waals surface area (Å²) < 4.78 is 27.7. The first-order chi connectivity index (χ1) is 9.38. The summed E-state index contributed by atoms with van der Waals surface area (Å²) in [6.07, 6.45) is 0. The molecule has 0 radical (unpaired) electrons. The van der Waals surface area contributed by atoms with Crippen molar-refractivity contribution in [2.24, 2.45) is 0 Å². The zero-order chi connectivity index (χ0) is 14.9. The lowest BCUT2D eigenvalue weighted by atomic mass is 10.1.